The number of aromatic nitrogens is 2. The van der Waals surface area contributed by atoms with Crippen molar-refractivity contribution >= 4 is 17.4 Å². The van der Waals surface area contributed by atoms with Crippen molar-refractivity contribution in [1.29, 1.82) is 0 Å². The van der Waals surface area contributed by atoms with Crippen molar-refractivity contribution in [3.05, 3.63) is 18.1 Å². The predicted octanol–water partition coefficient (Wildman–Crippen LogP) is 2.10. The summed E-state index contributed by atoms with van der Waals surface area (Å²) >= 11 is 5.54. The summed E-state index contributed by atoms with van der Waals surface area (Å²) in [5.41, 5.74) is 0.744. The molecule has 0 aromatic carbocycles. The first-order chi connectivity index (χ1) is 7.13. The number of hydrogen-bond donors (Lipinski definition) is 0. The van der Waals surface area contributed by atoms with Gasteiger partial charge in [-0.1, -0.05) is 0 Å². The molecule has 84 valence electrons. The summed E-state index contributed by atoms with van der Waals surface area (Å²) in [5, 5.41) is 0. The molecule has 1 aromatic heterocycles. The first kappa shape index (κ1) is 12.1. The fourth-order valence-corrected chi connectivity index (χ4v) is 1.39. The number of aryl methyl sites for hydroxylation is 1. The Hall–Kier alpha value is -0.970. The number of hydrogen-bond acceptors (Lipinski definition) is 3. The maximum absolute atomic E-state index is 12.3. The standard InChI is InChI=1S/C9H12ClF2N3/c1-7-4-9(14-6-13-7)15(3-2-10)5-8(11)12/h4,6,8H,2-3,5H2,1H3. The molecular formula is C9H12ClF2N3. The summed E-state index contributed by atoms with van der Waals surface area (Å²) in [6.07, 6.45) is -1.04. The van der Waals surface area contributed by atoms with Crippen LogP contribution < -0.4 is 4.90 Å². The molecule has 0 radical (unpaired) electrons. The summed E-state index contributed by atoms with van der Waals surface area (Å²) in [6.45, 7) is 1.78. The van der Waals surface area contributed by atoms with E-state index in [0.717, 1.165) is 5.69 Å². The van der Waals surface area contributed by atoms with Crippen LogP contribution in [0.4, 0.5) is 14.6 Å². The highest BCUT2D eigenvalue weighted by Crippen LogP contribution is 2.12. The van der Waals surface area contributed by atoms with Crippen molar-refractivity contribution in [3.63, 3.8) is 0 Å². The lowest BCUT2D eigenvalue weighted by molar-refractivity contribution is 0.155. The van der Waals surface area contributed by atoms with Gasteiger partial charge in [0.2, 0.25) is 0 Å². The van der Waals surface area contributed by atoms with E-state index < -0.39 is 6.43 Å². The average Bonchev–Trinajstić information content (AvgIpc) is 2.16. The molecule has 0 N–H and O–H groups in total. The molecule has 0 spiro atoms. The highest BCUT2D eigenvalue weighted by molar-refractivity contribution is 6.18. The van der Waals surface area contributed by atoms with E-state index in [1.165, 1.54) is 11.2 Å². The van der Waals surface area contributed by atoms with Gasteiger partial charge in [-0.3, -0.25) is 0 Å². The molecule has 15 heavy (non-hydrogen) atoms. The van der Waals surface area contributed by atoms with Gasteiger partial charge in [0.15, 0.2) is 0 Å². The third-order valence-electron chi connectivity index (χ3n) is 1.83. The Balaban J connectivity index is 2.78. The lowest BCUT2D eigenvalue weighted by atomic mass is 10.4. The zero-order chi connectivity index (χ0) is 11.3. The van der Waals surface area contributed by atoms with Gasteiger partial charge in [-0.05, 0) is 6.92 Å². The third-order valence-corrected chi connectivity index (χ3v) is 2.00. The molecule has 0 saturated heterocycles. The second-order valence-corrected chi connectivity index (χ2v) is 3.42. The zero-order valence-corrected chi connectivity index (χ0v) is 9.08. The quantitative estimate of drug-likeness (QED) is 0.732. The van der Waals surface area contributed by atoms with Gasteiger partial charge >= 0.3 is 0 Å². The number of halogens is 3. The minimum absolute atomic E-state index is 0.287. The Kier molecular flexibility index (Phi) is 4.68. The molecule has 1 aromatic rings. The van der Waals surface area contributed by atoms with Gasteiger partial charge in [0.25, 0.3) is 6.43 Å². The van der Waals surface area contributed by atoms with Crippen molar-refractivity contribution < 1.29 is 8.78 Å². The van der Waals surface area contributed by atoms with Gasteiger partial charge in [-0.25, -0.2) is 18.7 Å². The number of nitrogens with zero attached hydrogens (tertiary/aromatic N) is 3. The molecule has 0 unspecified atom stereocenters. The first-order valence-electron chi connectivity index (χ1n) is 4.51. The molecule has 0 aliphatic rings. The van der Waals surface area contributed by atoms with Gasteiger partial charge in [-0.2, -0.15) is 0 Å². The number of rotatable bonds is 5. The highest BCUT2D eigenvalue weighted by Gasteiger charge is 2.13. The monoisotopic (exact) mass is 235 g/mol. The second-order valence-electron chi connectivity index (χ2n) is 3.04. The van der Waals surface area contributed by atoms with E-state index in [-0.39, 0.29) is 12.4 Å². The molecule has 0 aliphatic heterocycles. The Labute approximate surface area is 92.1 Å². The van der Waals surface area contributed by atoms with Crippen molar-refractivity contribution in [3.8, 4) is 0 Å². The van der Waals surface area contributed by atoms with E-state index in [2.05, 4.69) is 9.97 Å². The maximum Gasteiger partial charge on any atom is 0.255 e. The molecule has 0 amide bonds. The fourth-order valence-electron chi connectivity index (χ4n) is 1.18. The largest absolute Gasteiger partial charge is 0.350 e. The van der Waals surface area contributed by atoms with Gasteiger partial charge in [0, 0.05) is 24.2 Å². The van der Waals surface area contributed by atoms with E-state index in [1.54, 1.807) is 13.0 Å². The van der Waals surface area contributed by atoms with E-state index in [9.17, 15) is 8.78 Å². The first-order valence-corrected chi connectivity index (χ1v) is 5.04. The predicted molar refractivity (Wildman–Crippen MR) is 55.7 cm³/mol. The lowest BCUT2D eigenvalue weighted by Crippen LogP contribution is -2.31. The van der Waals surface area contributed by atoms with Crippen LogP contribution in [-0.4, -0.2) is 35.4 Å². The maximum atomic E-state index is 12.3. The third kappa shape index (κ3) is 3.95. The van der Waals surface area contributed by atoms with Crippen molar-refractivity contribution in [1.82, 2.24) is 9.97 Å². The molecule has 3 nitrogen and oxygen atoms in total. The number of alkyl halides is 3. The second kappa shape index (κ2) is 5.80. The van der Waals surface area contributed by atoms with Crippen LogP contribution in [0.15, 0.2) is 12.4 Å². The summed E-state index contributed by atoms with van der Waals surface area (Å²) in [5.74, 6) is 0.777. The molecule has 0 bridgehead atoms. The van der Waals surface area contributed by atoms with Crippen LogP contribution in [0.1, 0.15) is 5.69 Å². The SMILES string of the molecule is Cc1cc(N(CCCl)CC(F)F)ncn1. The van der Waals surface area contributed by atoms with Crippen LogP contribution in [-0.2, 0) is 0 Å². The van der Waals surface area contributed by atoms with Crippen LogP contribution in [0.5, 0.6) is 0 Å². The lowest BCUT2D eigenvalue weighted by Gasteiger charge is -2.22. The molecule has 0 fully saturated rings. The Morgan fingerprint density at radius 2 is 2.20 bits per heavy atom. The summed E-state index contributed by atoms with van der Waals surface area (Å²) < 4.78 is 24.5. The summed E-state index contributed by atoms with van der Waals surface area (Å²) in [4.78, 5) is 9.29. The van der Waals surface area contributed by atoms with Crippen molar-refractivity contribution in [2.24, 2.45) is 0 Å². The van der Waals surface area contributed by atoms with E-state index in [0.29, 0.717) is 12.4 Å². The topological polar surface area (TPSA) is 29.0 Å². The van der Waals surface area contributed by atoms with Crippen LogP contribution >= 0.6 is 11.6 Å². The molecule has 0 saturated carbocycles. The fraction of sp³-hybridized carbons (Fsp3) is 0.556. The van der Waals surface area contributed by atoms with Gasteiger partial charge in [0.1, 0.15) is 12.1 Å². The Morgan fingerprint density at radius 1 is 1.47 bits per heavy atom. The Morgan fingerprint density at radius 3 is 2.73 bits per heavy atom. The average molecular weight is 236 g/mol. The molecule has 1 heterocycles. The highest BCUT2D eigenvalue weighted by atomic mass is 35.5. The Bertz CT molecular complexity index is 309. The van der Waals surface area contributed by atoms with E-state index >= 15 is 0 Å². The van der Waals surface area contributed by atoms with Crippen LogP contribution in [0.25, 0.3) is 0 Å². The molecule has 0 atom stereocenters. The minimum atomic E-state index is -2.40. The normalized spacial score (nSPS) is 10.7. The van der Waals surface area contributed by atoms with Crippen molar-refractivity contribution in [2.75, 3.05) is 23.9 Å². The molecule has 1 rings (SSSR count). The zero-order valence-electron chi connectivity index (χ0n) is 8.33. The van der Waals surface area contributed by atoms with Gasteiger partial charge in [0.05, 0.1) is 6.54 Å². The van der Waals surface area contributed by atoms with Crippen LogP contribution in [0, 0.1) is 6.92 Å². The van der Waals surface area contributed by atoms with Crippen molar-refractivity contribution in [2.45, 2.75) is 13.3 Å². The van der Waals surface area contributed by atoms with E-state index in [4.69, 9.17) is 11.6 Å². The molecule has 0 aliphatic carbocycles. The van der Waals surface area contributed by atoms with E-state index in [1.807, 2.05) is 0 Å². The summed E-state index contributed by atoms with van der Waals surface area (Å²) in [6, 6.07) is 1.66. The van der Waals surface area contributed by atoms with Crippen LogP contribution in [0.3, 0.4) is 0 Å². The van der Waals surface area contributed by atoms with Gasteiger partial charge < -0.3 is 4.90 Å². The molecular weight excluding hydrogens is 224 g/mol. The number of anilines is 1. The summed E-state index contributed by atoms with van der Waals surface area (Å²) in [7, 11) is 0. The smallest absolute Gasteiger partial charge is 0.255 e. The van der Waals surface area contributed by atoms with Gasteiger partial charge in [-0.15, -0.1) is 11.6 Å². The van der Waals surface area contributed by atoms with Crippen LogP contribution in [0.2, 0.25) is 0 Å². The minimum Gasteiger partial charge on any atom is -0.350 e. The molecule has 6 heteroatoms.